The molecule has 31 heavy (non-hydrogen) atoms. The summed E-state index contributed by atoms with van der Waals surface area (Å²) in [7, 11) is 1.68. The quantitative estimate of drug-likeness (QED) is 0.502. The van der Waals surface area contributed by atoms with Crippen molar-refractivity contribution in [1.82, 2.24) is 15.2 Å². The number of carbonyl (C=O) groups is 1. The molecule has 2 N–H and O–H groups in total. The van der Waals surface area contributed by atoms with E-state index >= 15 is 0 Å². The molecule has 0 saturated heterocycles. The number of carbonyl (C=O) groups excluding carboxylic acids is 1. The summed E-state index contributed by atoms with van der Waals surface area (Å²) in [5.41, 5.74) is 3.80. The topological polar surface area (TPSA) is 72.8 Å². The van der Waals surface area contributed by atoms with Crippen LogP contribution in [0.25, 0.3) is 10.9 Å². The lowest BCUT2D eigenvalue weighted by Crippen LogP contribution is -2.46. The van der Waals surface area contributed by atoms with Gasteiger partial charge in [0.05, 0.1) is 5.69 Å². The first-order valence-corrected chi connectivity index (χ1v) is 11.2. The van der Waals surface area contributed by atoms with Crippen molar-refractivity contribution in [2.24, 2.45) is 10.2 Å². The normalized spacial score (nSPS) is 19.2. The molecule has 0 spiro atoms. The zero-order valence-corrected chi connectivity index (χ0v) is 18.3. The molecule has 0 bridgehead atoms. The fourth-order valence-electron chi connectivity index (χ4n) is 4.60. The molecule has 1 fully saturated rings. The van der Waals surface area contributed by atoms with Crippen molar-refractivity contribution < 1.29 is 4.79 Å². The molecule has 1 heterocycles. The Kier molecular flexibility index (Phi) is 6.77. The number of nitrogens with one attached hydrogen (secondary N) is 2. The molecule has 0 radical (unpaired) electrons. The molecule has 6 heteroatoms. The SMILES string of the molecule is CCN(C(=O)c1cc2ccccc2[nH]1)[C@H]1CCC[C@@H](NCc2ccc(N=NC)cc2)C1. The van der Waals surface area contributed by atoms with Crippen LogP contribution in [0.2, 0.25) is 0 Å². The molecule has 1 amide bonds. The number of nitrogens with zero attached hydrogens (tertiary/aromatic N) is 3. The van der Waals surface area contributed by atoms with Gasteiger partial charge in [0.25, 0.3) is 5.91 Å². The average molecular weight is 418 g/mol. The minimum Gasteiger partial charge on any atom is -0.351 e. The number of hydrogen-bond donors (Lipinski definition) is 2. The fraction of sp³-hybridized carbons (Fsp3) is 0.400. The maximum absolute atomic E-state index is 13.3. The van der Waals surface area contributed by atoms with Crippen LogP contribution >= 0.6 is 0 Å². The number of para-hydroxylation sites is 1. The van der Waals surface area contributed by atoms with E-state index in [4.69, 9.17) is 0 Å². The second-order valence-corrected chi connectivity index (χ2v) is 8.23. The smallest absolute Gasteiger partial charge is 0.270 e. The Morgan fingerprint density at radius 2 is 1.97 bits per heavy atom. The fourth-order valence-corrected chi connectivity index (χ4v) is 4.60. The summed E-state index contributed by atoms with van der Waals surface area (Å²) in [6.07, 6.45) is 4.34. The van der Waals surface area contributed by atoms with Crippen molar-refractivity contribution in [2.75, 3.05) is 13.6 Å². The van der Waals surface area contributed by atoms with Crippen LogP contribution in [0.1, 0.15) is 48.7 Å². The Hall–Kier alpha value is -2.99. The van der Waals surface area contributed by atoms with E-state index in [1.165, 1.54) is 5.56 Å². The second kappa shape index (κ2) is 9.88. The maximum Gasteiger partial charge on any atom is 0.270 e. The summed E-state index contributed by atoms with van der Waals surface area (Å²) in [4.78, 5) is 18.6. The Morgan fingerprint density at radius 3 is 2.71 bits per heavy atom. The lowest BCUT2D eigenvalue weighted by Gasteiger charge is -2.37. The summed E-state index contributed by atoms with van der Waals surface area (Å²) >= 11 is 0. The molecule has 0 unspecified atom stereocenters. The van der Waals surface area contributed by atoms with E-state index in [1.807, 2.05) is 47.4 Å². The lowest BCUT2D eigenvalue weighted by atomic mass is 9.89. The number of fused-ring (bicyclic) bond motifs is 1. The average Bonchev–Trinajstić information content (AvgIpc) is 3.24. The third-order valence-corrected chi connectivity index (χ3v) is 6.20. The molecule has 0 aliphatic heterocycles. The van der Waals surface area contributed by atoms with Gasteiger partial charge < -0.3 is 15.2 Å². The number of aromatic amines is 1. The van der Waals surface area contributed by atoms with Gasteiger partial charge in [0, 0.05) is 43.1 Å². The monoisotopic (exact) mass is 417 g/mol. The number of hydrogen-bond acceptors (Lipinski definition) is 4. The van der Waals surface area contributed by atoms with Crippen LogP contribution in [0.4, 0.5) is 5.69 Å². The van der Waals surface area contributed by atoms with Gasteiger partial charge in [0.2, 0.25) is 0 Å². The Labute approximate surface area is 183 Å². The van der Waals surface area contributed by atoms with E-state index in [1.54, 1.807) is 7.05 Å². The first-order valence-electron chi connectivity index (χ1n) is 11.2. The van der Waals surface area contributed by atoms with Gasteiger partial charge in [-0.05, 0) is 62.4 Å². The Bertz CT molecular complexity index is 1010. The predicted octanol–water partition coefficient (Wildman–Crippen LogP) is 5.44. The highest BCUT2D eigenvalue weighted by atomic mass is 16.2. The molecule has 2 aromatic carbocycles. The van der Waals surface area contributed by atoms with Crippen LogP contribution < -0.4 is 5.32 Å². The number of H-pyrrole nitrogens is 1. The van der Waals surface area contributed by atoms with Crippen LogP contribution in [-0.4, -0.2) is 41.5 Å². The third-order valence-electron chi connectivity index (χ3n) is 6.20. The maximum atomic E-state index is 13.3. The van der Waals surface area contributed by atoms with Crippen molar-refractivity contribution in [1.29, 1.82) is 0 Å². The molecule has 6 nitrogen and oxygen atoms in total. The molecular formula is C25H31N5O. The van der Waals surface area contributed by atoms with E-state index in [0.29, 0.717) is 11.7 Å². The lowest BCUT2D eigenvalue weighted by molar-refractivity contribution is 0.0623. The number of aromatic nitrogens is 1. The Balaban J connectivity index is 1.38. The summed E-state index contributed by atoms with van der Waals surface area (Å²) in [6.45, 7) is 3.62. The third kappa shape index (κ3) is 5.02. The highest BCUT2D eigenvalue weighted by Gasteiger charge is 2.29. The molecule has 1 aromatic heterocycles. The van der Waals surface area contributed by atoms with Crippen LogP contribution in [0, 0.1) is 0 Å². The van der Waals surface area contributed by atoms with Gasteiger partial charge in [0.15, 0.2) is 0 Å². The van der Waals surface area contributed by atoms with E-state index in [0.717, 1.165) is 55.4 Å². The number of azo groups is 1. The van der Waals surface area contributed by atoms with Crippen molar-refractivity contribution in [3.8, 4) is 0 Å². The van der Waals surface area contributed by atoms with Crippen molar-refractivity contribution in [3.05, 3.63) is 65.9 Å². The highest BCUT2D eigenvalue weighted by molar-refractivity contribution is 5.98. The van der Waals surface area contributed by atoms with Gasteiger partial charge in [-0.15, -0.1) is 0 Å². The molecule has 1 saturated carbocycles. The van der Waals surface area contributed by atoms with Crippen molar-refractivity contribution in [3.63, 3.8) is 0 Å². The largest absolute Gasteiger partial charge is 0.351 e. The zero-order valence-electron chi connectivity index (χ0n) is 18.3. The van der Waals surface area contributed by atoms with Gasteiger partial charge in [-0.25, -0.2) is 0 Å². The first-order chi connectivity index (χ1) is 15.2. The van der Waals surface area contributed by atoms with E-state index in [9.17, 15) is 4.79 Å². The van der Waals surface area contributed by atoms with Crippen LogP contribution in [0.5, 0.6) is 0 Å². The zero-order chi connectivity index (χ0) is 21.6. The van der Waals surface area contributed by atoms with E-state index in [2.05, 4.69) is 39.6 Å². The molecule has 2 atom stereocenters. The molecule has 4 rings (SSSR count). The van der Waals surface area contributed by atoms with Gasteiger partial charge in [-0.3, -0.25) is 4.79 Å². The minimum atomic E-state index is 0.102. The van der Waals surface area contributed by atoms with Gasteiger partial charge >= 0.3 is 0 Å². The van der Waals surface area contributed by atoms with Crippen LogP contribution in [0.15, 0.2) is 64.8 Å². The van der Waals surface area contributed by atoms with Crippen molar-refractivity contribution in [2.45, 2.75) is 51.2 Å². The van der Waals surface area contributed by atoms with Gasteiger partial charge in [0.1, 0.15) is 5.69 Å². The molecular weight excluding hydrogens is 386 g/mol. The Morgan fingerprint density at radius 1 is 1.16 bits per heavy atom. The summed E-state index contributed by atoms with van der Waals surface area (Å²) in [5, 5.41) is 12.6. The molecule has 162 valence electrons. The van der Waals surface area contributed by atoms with Gasteiger partial charge in [-0.2, -0.15) is 10.2 Å². The number of rotatable bonds is 7. The van der Waals surface area contributed by atoms with Gasteiger partial charge in [-0.1, -0.05) is 30.3 Å². The molecule has 1 aliphatic carbocycles. The summed E-state index contributed by atoms with van der Waals surface area (Å²) < 4.78 is 0. The standard InChI is InChI=1S/C25H31N5O/c1-3-30(25(31)24-15-19-7-4-5-10-23(19)28-24)22-9-6-8-21(16-22)27-17-18-11-13-20(14-12-18)29-26-2/h4-5,7,10-15,21-22,27-28H,3,6,8-9,16-17H2,1-2H3/t21-,22+/m1/s1. The minimum absolute atomic E-state index is 0.102. The van der Waals surface area contributed by atoms with E-state index < -0.39 is 0 Å². The van der Waals surface area contributed by atoms with Crippen LogP contribution in [0.3, 0.4) is 0 Å². The second-order valence-electron chi connectivity index (χ2n) is 8.23. The summed E-state index contributed by atoms with van der Waals surface area (Å²) in [6, 6.07) is 18.9. The molecule has 3 aromatic rings. The highest BCUT2D eigenvalue weighted by Crippen LogP contribution is 2.26. The molecule has 1 aliphatic rings. The first kappa shape index (κ1) is 21.2. The van der Waals surface area contributed by atoms with E-state index in [-0.39, 0.29) is 11.9 Å². The van der Waals surface area contributed by atoms with Crippen LogP contribution in [-0.2, 0) is 6.54 Å². The summed E-state index contributed by atoms with van der Waals surface area (Å²) in [5.74, 6) is 0.102. The van der Waals surface area contributed by atoms with Crippen molar-refractivity contribution >= 4 is 22.5 Å². The predicted molar refractivity (Wildman–Crippen MR) is 125 cm³/mol. The number of benzene rings is 2. The number of amides is 1.